The van der Waals surface area contributed by atoms with E-state index in [1.807, 2.05) is 7.11 Å². The van der Waals surface area contributed by atoms with Crippen LogP contribution < -0.4 is 4.98 Å². The molecule has 0 unspecified atom stereocenters. The van der Waals surface area contributed by atoms with Crippen molar-refractivity contribution in [1.82, 2.24) is 4.98 Å². The quantitative estimate of drug-likeness (QED) is 0.743. The second-order valence-electron chi connectivity index (χ2n) is 5.49. The fraction of sp³-hybridized carbons (Fsp3) is 1.00. The van der Waals surface area contributed by atoms with E-state index >= 15 is 0 Å². The molecule has 0 amide bonds. The predicted octanol–water partition coefficient (Wildman–Crippen LogP) is 3.57. The normalized spacial score (nSPS) is 24.4. The van der Waals surface area contributed by atoms with E-state index in [2.05, 4.69) is 11.9 Å². The molecule has 2 rings (SSSR count). The van der Waals surface area contributed by atoms with Crippen molar-refractivity contribution in [2.75, 3.05) is 13.7 Å². The van der Waals surface area contributed by atoms with Crippen molar-refractivity contribution in [3.63, 3.8) is 0 Å². The van der Waals surface area contributed by atoms with Crippen LogP contribution in [0, 0.1) is 0 Å². The molecule has 2 fully saturated rings. The van der Waals surface area contributed by atoms with Gasteiger partial charge in [0.1, 0.15) is 0 Å². The van der Waals surface area contributed by atoms with Crippen LogP contribution in [0.25, 0.3) is 0 Å². The molecule has 0 radical (unpaired) electrons. The van der Waals surface area contributed by atoms with Crippen molar-refractivity contribution in [2.24, 2.45) is 0 Å². The summed E-state index contributed by atoms with van der Waals surface area (Å²) in [4.78, 5) is 3.85. The average Bonchev–Trinajstić information content (AvgIpc) is 2.98. The first-order chi connectivity index (χ1) is 7.83. The van der Waals surface area contributed by atoms with E-state index in [9.17, 15) is 0 Å². The zero-order valence-corrected chi connectivity index (χ0v) is 11.9. The Balaban J connectivity index is 2.14. The monoisotopic (exact) mass is 241 g/mol. The highest BCUT2D eigenvalue weighted by Gasteiger charge is 2.50. The van der Waals surface area contributed by atoms with Gasteiger partial charge in [0.2, 0.25) is 0 Å². The SMILES string of the molecule is CCN[Si](OC)(C1CCCC1)C1CCCC1. The smallest absolute Gasteiger partial charge is 0.274 e. The highest BCUT2D eigenvalue weighted by Crippen LogP contribution is 2.48. The molecule has 0 bridgehead atoms. The zero-order chi connectivity index (χ0) is 11.4. The molecule has 0 aromatic rings. The molecule has 2 nitrogen and oxygen atoms in total. The lowest BCUT2D eigenvalue weighted by Crippen LogP contribution is -2.59. The third-order valence-electron chi connectivity index (χ3n) is 4.71. The van der Waals surface area contributed by atoms with Crippen molar-refractivity contribution >= 4 is 8.48 Å². The van der Waals surface area contributed by atoms with Crippen molar-refractivity contribution in [1.29, 1.82) is 0 Å². The highest BCUT2D eigenvalue weighted by atomic mass is 28.4. The molecule has 16 heavy (non-hydrogen) atoms. The summed E-state index contributed by atoms with van der Waals surface area (Å²) < 4.78 is 6.17. The largest absolute Gasteiger partial charge is 0.406 e. The lowest BCUT2D eigenvalue weighted by Gasteiger charge is -2.40. The van der Waals surface area contributed by atoms with Gasteiger partial charge in [0.05, 0.1) is 0 Å². The van der Waals surface area contributed by atoms with Gasteiger partial charge < -0.3 is 9.41 Å². The first-order valence-electron chi connectivity index (χ1n) is 7.13. The lowest BCUT2D eigenvalue weighted by atomic mass is 10.3. The first kappa shape index (κ1) is 12.6. The van der Waals surface area contributed by atoms with Crippen LogP contribution in [0.2, 0.25) is 11.1 Å². The van der Waals surface area contributed by atoms with Gasteiger partial charge in [-0.3, -0.25) is 0 Å². The fourth-order valence-electron chi connectivity index (χ4n) is 4.01. The van der Waals surface area contributed by atoms with Gasteiger partial charge in [0.25, 0.3) is 8.48 Å². The van der Waals surface area contributed by atoms with Gasteiger partial charge in [0.15, 0.2) is 0 Å². The Hall–Kier alpha value is 0.137. The molecule has 94 valence electrons. The van der Waals surface area contributed by atoms with Gasteiger partial charge in [-0.25, -0.2) is 0 Å². The molecule has 2 saturated carbocycles. The Morgan fingerprint density at radius 2 is 1.44 bits per heavy atom. The van der Waals surface area contributed by atoms with Crippen LogP contribution in [0.4, 0.5) is 0 Å². The van der Waals surface area contributed by atoms with Crippen LogP contribution in [0.5, 0.6) is 0 Å². The minimum Gasteiger partial charge on any atom is -0.406 e. The van der Waals surface area contributed by atoms with E-state index < -0.39 is 8.48 Å². The second-order valence-corrected chi connectivity index (χ2v) is 9.47. The minimum absolute atomic E-state index is 0.889. The Labute approximate surface area is 101 Å². The average molecular weight is 241 g/mol. The van der Waals surface area contributed by atoms with Crippen LogP contribution >= 0.6 is 0 Å². The zero-order valence-electron chi connectivity index (χ0n) is 10.9. The fourth-order valence-corrected chi connectivity index (χ4v) is 9.15. The summed E-state index contributed by atoms with van der Waals surface area (Å²) in [6.07, 6.45) is 11.4. The van der Waals surface area contributed by atoms with Crippen molar-refractivity contribution < 1.29 is 4.43 Å². The molecule has 2 aliphatic rings. The molecule has 0 aromatic heterocycles. The lowest BCUT2D eigenvalue weighted by molar-refractivity contribution is 0.345. The molecular formula is C13H27NOSi. The summed E-state index contributed by atoms with van der Waals surface area (Å²) in [6.45, 7) is 3.33. The van der Waals surface area contributed by atoms with E-state index in [-0.39, 0.29) is 0 Å². The Bertz CT molecular complexity index is 194. The maximum atomic E-state index is 6.17. The van der Waals surface area contributed by atoms with Gasteiger partial charge in [0, 0.05) is 7.11 Å². The molecule has 0 spiro atoms. The summed E-state index contributed by atoms with van der Waals surface area (Å²) in [5.41, 5.74) is 1.78. The summed E-state index contributed by atoms with van der Waals surface area (Å²) in [7, 11) is 0.324. The molecule has 0 heterocycles. The standard InChI is InChI=1S/C13H27NOSi/c1-3-14-16(15-2,12-8-4-5-9-12)13-10-6-7-11-13/h12-14H,3-11H2,1-2H3. The summed E-state index contributed by atoms with van der Waals surface area (Å²) in [6, 6.07) is 0. The number of rotatable bonds is 5. The Morgan fingerprint density at radius 3 is 1.75 bits per heavy atom. The summed E-state index contributed by atoms with van der Waals surface area (Å²) >= 11 is 0. The van der Waals surface area contributed by atoms with Crippen molar-refractivity contribution in [3.8, 4) is 0 Å². The van der Waals surface area contributed by atoms with Crippen LogP contribution in [-0.2, 0) is 4.43 Å². The van der Waals surface area contributed by atoms with Crippen molar-refractivity contribution in [2.45, 2.75) is 69.4 Å². The molecule has 0 atom stereocenters. The maximum absolute atomic E-state index is 6.17. The Morgan fingerprint density at radius 1 is 1.00 bits per heavy atom. The molecule has 0 saturated heterocycles. The molecular weight excluding hydrogens is 214 g/mol. The van der Waals surface area contributed by atoms with Gasteiger partial charge >= 0.3 is 0 Å². The van der Waals surface area contributed by atoms with Gasteiger partial charge in [-0.1, -0.05) is 32.6 Å². The number of hydrogen-bond acceptors (Lipinski definition) is 2. The number of hydrogen-bond donors (Lipinski definition) is 1. The van der Waals surface area contributed by atoms with E-state index in [0.717, 1.165) is 17.6 Å². The van der Waals surface area contributed by atoms with E-state index in [1.165, 1.54) is 51.4 Å². The highest BCUT2D eigenvalue weighted by molar-refractivity contribution is 6.74. The minimum atomic E-state index is -1.65. The van der Waals surface area contributed by atoms with E-state index in [1.54, 1.807) is 0 Å². The molecule has 2 aliphatic carbocycles. The molecule has 3 heteroatoms. The van der Waals surface area contributed by atoms with Crippen LogP contribution in [-0.4, -0.2) is 22.1 Å². The third-order valence-corrected chi connectivity index (χ3v) is 9.88. The first-order valence-corrected chi connectivity index (χ1v) is 9.20. The van der Waals surface area contributed by atoms with Gasteiger partial charge in [-0.2, -0.15) is 0 Å². The molecule has 0 aliphatic heterocycles. The number of nitrogens with one attached hydrogen (secondary N) is 1. The Kier molecular flexibility index (Phi) is 4.45. The summed E-state index contributed by atoms with van der Waals surface area (Å²) in [5.74, 6) is 0. The summed E-state index contributed by atoms with van der Waals surface area (Å²) in [5, 5.41) is 0. The maximum Gasteiger partial charge on any atom is 0.274 e. The van der Waals surface area contributed by atoms with Crippen LogP contribution in [0.1, 0.15) is 58.3 Å². The van der Waals surface area contributed by atoms with Crippen LogP contribution in [0.15, 0.2) is 0 Å². The predicted molar refractivity (Wildman–Crippen MR) is 70.9 cm³/mol. The molecule has 1 N–H and O–H groups in total. The topological polar surface area (TPSA) is 21.3 Å². The van der Waals surface area contributed by atoms with E-state index in [4.69, 9.17) is 4.43 Å². The van der Waals surface area contributed by atoms with Crippen molar-refractivity contribution in [3.05, 3.63) is 0 Å². The second kappa shape index (κ2) is 5.65. The van der Waals surface area contributed by atoms with Crippen LogP contribution in [0.3, 0.4) is 0 Å². The van der Waals surface area contributed by atoms with Gasteiger partial charge in [-0.15, -0.1) is 0 Å². The van der Waals surface area contributed by atoms with E-state index in [0.29, 0.717) is 0 Å². The van der Waals surface area contributed by atoms with Gasteiger partial charge in [-0.05, 0) is 43.3 Å². The third kappa shape index (κ3) is 2.22. The molecule has 0 aromatic carbocycles.